The molecular weight excluding hydrogens is 701 g/mol. The number of ether oxygens (including phenoxy) is 4. The number of nitro groups is 1. The van der Waals surface area contributed by atoms with Crippen LogP contribution >= 0.6 is 18.3 Å². The van der Waals surface area contributed by atoms with Crippen LogP contribution in [0.5, 0.6) is 11.6 Å². The fourth-order valence-electron chi connectivity index (χ4n) is 5.18. The Morgan fingerprint density at radius 1 is 1.15 bits per heavy atom. The van der Waals surface area contributed by atoms with E-state index in [4.69, 9.17) is 55.9 Å². The Labute approximate surface area is 278 Å². The van der Waals surface area contributed by atoms with Crippen molar-refractivity contribution in [2.75, 3.05) is 25.6 Å². The highest BCUT2D eigenvalue weighted by atomic mass is 35.5. The maximum atomic E-state index is 13.3. The van der Waals surface area contributed by atoms with E-state index in [2.05, 4.69) is 4.98 Å². The molecule has 47 heavy (non-hydrogen) atoms. The van der Waals surface area contributed by atoms with Gasteiger partial charge in [-0.25, -0.2) is 13.2 Å². The van der Waals surface area contributed by atoms with Gasteiger partial charge in [-0.15, -0.1) is 0 Å². The van der Waals surface area contributed by atoms with Gasteiger partial charge in [0, 0.05) is 42.8 Å². The molecule has 0 radical (unpaired) electrons. The number of non-ortho nitro benzene ring substituents is 1. The van der Waals surface area contributed by atoms with Crippen LogP contribution in [0.1, 0.15) is 25.5 Å². The van der Waals surface area contributed by atoms with E-state index in [1.54, 1.807) is 24.3 Å². The SMILES string of the molecule is O=c1nc(OCCS(=O)(=O)c2ccc([N+](=O)[O-])cc2)ccn1[C@@H]1O[C@@H]2COP(=S)(Oc3ccccc3Cl)OC2C1OC1CCCCO1. The number of hydrogen-bond acceptors (Lipinski definition) is 14. The fraction of sp³-hybridized carbons (Fsp3) is 0.429. The van der Waals surface area contributed by atoms with Crippen LogP contribution in [0.4, 0.5) is 5.69 Å². The van der Waals surface area contributed by atoms with Crippen molar-refractivity contribution >= 4 is 45.7 Å². The number of fused-ring (bicyclic) bond motifs is 1. The number of nitro benzene ring substituents is 1. The van der Waals surface area contributed by atoms with Crippen molar-refractivity contribution < 1.29 is 45.9 Å². The predicted molar refractivity (Wildman–Crippen MR) is 169 cm³/mol. The molecule has 2 aromatic carbocycles. The summed E-state index contributed by atoms with van der Waals surface area (Å²) in [6.45, 7) is -3.18. The number of halogens is 1. The molecule has 3 aliphatic heterocycles. The van der Waals surface area contributed by atoms with Gasteiger partial charge in [-0.3, -0.25) is 23.7 Å². The molecule has 0 saturated carbocycles. The van der Waals surface area contributed by atoms with Crippen molar-refractivity contribution in [2.45, 2.75) is 55.0 Å². The number of para-hydroxylation sites is 1. The van der Waals surface area contributed by atoms with Crippen LogP contribution in [0.3, 0.4) is 0 Å². The molecule has 15 nitrogen and oxygen atoms in total. The Bertz CT molecular complexity index is 1820. The molecule has 19 heteroatoms. The molecule has 6 rings (SSSR count). The summed E-state index contributed by atoms with van der Waals surface area (Å²) in [5, 5.41) is 11.2. The summed E-state index contributed by atoms with van der Waals surface area (Å²) in [6.07, 6.45) is -0.116. The summed E-state index contributed by atoms with van der Waals surface area (Å²) in [6, 6.07) is 12.7. The first-order chi connectivity index (χ1) is 22.5. The lowest BCUT2D eigenvalue weighted by Crippen LogP contribution is -2.44. The quantitative estimate of drug-likeness (QED) is 0.156. The first-order valence-corrected chi connectivity index (χ1v) is 19.1. The number of aromatic nitrogens is 2. The molecule has 1 aromatic heterocycles. The summed E-state index contributed by atoms with van der Waals surface area (Å²) >= 11 is 11.9. The van der Waals surface area contributed by atoms with Gasteiger partial charge in [-0.1, -0.05) is 23.7 Å². The van der Waals surface area contributed by atoms with Gasteiger partial charge in [-0.05, 0) is 43.5 Å². The van der Waals surface area contributed by atoms with Gasteiger partial charge in [0.05, 0.1) is 27.2 Å². The molecule has 3 aromatic rings. The van der Waals surface area contributed by atoms with Crippen molar-refractivity contribution in [1.29, 1.82) is 0 Å². The minimum absolute atomic E-state index is 0.000882. The summed E-state index contributed by atoms with van der Waals surface area (Å²) in [5.41, 5.74) is -0.987. The van der Waals surface area contributed by atoms with Gasteiger partial charge >= 0.3 is 12.4 Å². The van der Waals surface area contributed by atoms with Crippen molar-refractivity contribution in [3.8, 4) is 11.6 Å². The minimum Gasteiger partial charge on any atom is -0.476 e. The van der Waals surface area contributed by atoms with E-state index in [0.717, 1.165) is 37.1 Å². The third-order valence-corrected chi connectivity index (χ3v) is 11.7. The minimum atomic E-state index is -3.83. The Morgan fingerprint density at radius 3 is 2.64 bits per heavy atom. The average Bonchev–Trinajstić information content (AvgIpc) is 3.39. The van der Waals surface area contributed by atoms with Gasteiger partial charge in [-0.2, -0.15) is 4.98 Å². The fourth-order valence-corrected chi connectivity index (χ4v) is 8.66. The maximum absolute atomic E-state index is 13.3. The van der Waals surface area contributed by atoms with Gasteiger partial charge in [0.1, 0.15) is 30.7 Å². The zero-order chi connectivity index (χ0) is 33.2. The van der Waals surface area contributed by atoms with Gasteiger partial charge in [0.15, 0.2) is 22.4 Å². The molecule has 4 unspecified atom stereocenters. The predicted octanol–water partition coefficient (Wildman–Crippen LogP) is 4.19. The molecule has 3 aliphatic rings. The van der Waals surface area contributed by atoms with Crippen LogP contribution < -0.4 is 15.0 Å². The van der Waals surface area contributed by atoms with Crippen molar-refractivity contribution in [3.05, 3.63) is 86.4 Å². The van der Waals surface area contributed by atoms with E-state index in [9.17, 15) is 23.3 Å². The molecular formula is C28H29ClN3O12PS2. The van der Waals surface area contributed by atoms with Crippen LogP contribution in [0.2, 0.25) is 5.02 Å². The van der Waals surface area contributed by atoms with E-state index in [0.29, 0.717) is 23.8 Å². The Kier molecular flexibility index (Phi) is 10.3. The Hall–Kier alpha value is -2.99. The molecule has 252 valence electrons. The summed E-state index contributed by atoms with van der Waals surface area (Å²) in [4.78, 5) is 27.3. The monoisotopic (exact) mass is 729 g/mol. The Balaban J connectivity index is 1.16. The van der Waals surface area contributed by atoms with E-state index >= 15 is 0 Å². The first kappa shape index (κ1) is 33.9. The second-order valence-corrected chi connectivity index (χ2v) is 16.1. The van der Waals surface area contributed by atoms with Crippen LogP contribution in [0.25, 0.3) is 0 Å². The van der Waals surface area contributed by atoms with Crippen molar-refractivity contribution in [2.24, 2.45) is 0 Å². The number of sulfone groups is 1. The van der Waals surface area contributed by atoms with Crippen LogP contribution in [0.15, 0.2) is 70.5 Å². The maximum Gasteiger partial charge on any atom is 0.381 e. The zero-order valence-corrected chi connectivity index (χ0v) is 27.8. The second kappa shape index (κ2) is 14.2. The van der Waals surface area contributed by atoms with E-state index < -0.39 is 63.8 Å². The van der Waals surface area contributed by atoms with Gasteiger partial charge in [0.2, 0.25) is 5.88 Å². The number of hydrogen-bond donors (Lipinski definition) is 0. The molecule has 4 heterocycles. The van der Waals surface area contributed by atoms with E-state index in [-0.39, 0.29) is 29.7 Å². The highest BCUT2D eigenvalue weighted by Gasteiger charge is 2.54. The highest BCUT2D eigenvalue weighted by Crippen LogP contribution is 2.58. The number of rotatable bonds is 11. The lowest BCUT2D eigenvalue weighted by atomic mass is 10.1. The largest absolute Gasteiger partial charge is 0.476 e. The molecule has 0 bridgehead atoms. The molecule has 0 amide bonds. The molecule has 0 aliphatic carbocycles. The third-order valence-electron chi connectivity index (χ3n) is 7.51. The van der Waals surface area contributed by atoms with E-state index in [1.807, 2.05) is 0 Å². The smallest absolute Gasteiger partial charge is 0.381 e. The third kappa shape index (κ3) is 7.85. The normalized spacial score (nSPS) is 27.6. The topological polar surface area (TPSA) is 177 Å². The number of benzene rings is 2. The number of nitrogens with zero attached hydrogens (tertiary/aromatic N) is 3. The highest BCUT2D eigenvalue weighted by molar-refractivity contribution is 8.07. The molecule has 3 saturated heterocycles. The van der Waals surface area contributed by atoms with Crippen molar-refractivity contribution in [1.82, 2.24) is 9.55 Å². The second-order valence-electron chi connectivity index (χ2n) is 10.7. The van der Waals surface area contributed by atoms with Gasteiger partial charge in [0.25, 0.3) is 5.69 Å². The Morgan fingerprint density at radius 2 is 1.94 bits per heavy atom. The zero-order valence-electron chi connectivity index (χ0n) is 24.5. The standard InChI is InChI=1S/C28H29ClN3O12PS2/c29-20-5-1-2-6-21(20)43-45(46)40-17-22-25(44-45)26(42-24-7-3-4-14-39-24)27(41-22)31-13-12-23(30-28(31)33)38-15-16-47(36,37)19-10-8-18(9-11-19)32(34)35/h1-2,5-6,8-13,22,24-27H,3-4,7,14-17H2/t22-,24?,25?,26?,27-,45?/m1/s1. The van der Waals surface area contributed by atoms with Crippen molar-refractivity contribution in [3.63, 3.8) is 0 Å². The molecule has 6 atom stereocenters. The van der Waals surface area contributed by atoms with E-state index in [1.165, 1.54) is 16.8 Å². The van der Waals surface area contributed by atoms with Crippen LogP contribution in [-0.4, -0.2) is 73.1 Å². The lowest BCUT2D eigenvalue weighted by Gasteiger charge is -2.36. The van der Waals surface area contributed by atoms with Gasteiger partial charge < -0.3 is 23.5 Å². The molecule has 0 spiro atoms. The lowest BCUT2D eigenvalue weighted by molar-refractivity contribution is -0.384. The average molecular weight is 730 g/mol. The van der Waals surface area contributed by atoms with Crippen LogP contribution in [-0.2, 0) is 44.9 Å². The first-order valence-electron chi connectivity index (χ1n) is 14.5. The summed E-state index contributed by atoms with van der Waals surface area (Å²) < 4.78 is 68.4. The van der Waals surface area contributed by atoms with Crippen LogP contribution in [0, 0.1) is 10.1 Å². The summed E-state index contributed by atoms with van der Waals surface area (Å²) in [7, 11) is -3.83. The molecule has 0 N–H and O–H groups in total. The molecule has 3 fully saturated rings. The summed E-state index contributed by atoms with van der Waals surface area (Å²) in [5.74, 6) is -0.269.